The topological polar surface area (TPSA) is 76.3 Å². The number of hydrogen-bond donors (Lipinski definition) is 1. The van der Waals surface area contributed by atoms with Crippen molar-refractivity contribution in [3.63, 3.8) is 0 Å². The first-order chi connectivity index (χ1) is 8.09. The standard InChI is InChI=1S/C12H15N3O2/c1-8-4-5-14-9(7-8)12(17)15-6-2-3-10(15)11(13)16/h4-5,7,10H,2-3,6H2,1H3,(H2,13,16)/t10-/m1/s1. The summed E-state index contributed by atoms with van der Waals surface area (Å²) in [5.41, 5.74) is 6.62. The molecule has 2 amide bonds. The highest BCUT2D eigenvalue weighted by atomic mass is 16.2. The highest BCUT2D eigenvalue weighted by Crippen LogP contribution is 2.19. The predicted octanol–water partition coefficient (Wildman–Crippen LogP) is 0.480. The van der Waals surface area contributed by atoms with Crippen LogP contribution in [0.15, 0.2) is 18.3 Å². The van der Waals surface area contributed by atoms with E-state index in [9.17, 15) is 9.59 Å². The van der Waals surface area contributed by atoms with E-state index in [2.05, 4.69) is 4.98 Å². The number of likely N-dealkylation sites (tertiary alicyclic amines) is 1. The average molecular weight is 233 g/mol. The summed E-state index contributed by atoms with van der Waals surface area (Å²) in [6.07, 6.45) is 3.05. The number of primary amides is 1. The fraction of sp³-hybridized carbons (Fsp3) is 0.417. The van der Waals surface area contributed by atoms with Gasteiger partial charge in [-0.2, -0.15) is 0 Å². The molecule has 0 aliphatic carbocycles. The molecule has 2 rings (SSSR count). The predicted molar refractivity (Wildman–Crippen MR) is 62.2 cm³/mol. The normalized spacial score (nSPS) is 19.4. The molecule has 17 heavy (non-hydrogen) atoms. The van der Waals surface area contributed by atoms with Crippen LogP contribution < -0.4 is 5.73 Å². The van der Waals surface area contributed by atoms with Gasteiger partial charge in [0.15, 0.2) is 0 Å². The summed E-state index contributed by atoms with van der Waals surface area (Å²) in [4.78, 5) is 28.9. The Bertz CT molecular complexity index is 459. The van der Waals surface area contributed by atoms with E-state index in [1.165, 1.54) is 4.90 Å². The first-order valence-corrected chi connectivity index (χ1v) is 5.62. The van der Waals surface area contributed by atoms with E-state index in [-0.39, 0.29) is 5.91 Å². The number of aromatic nitrogens is 1. The van der Waals surface area contributed by atoms with E-state index in [4.69, 9.17) is 5.73 Å². The molecule has 2 N–H and O–H groups in total. The number of amides is 2. The van der Waals surface area contributed by atoms with Crippen LogP contribution in [0.1, 0.15) is 28.9 Å². The van der Waals surface area contributed by atoms with Crippen LogP contribution >= 0.6 is 0 Å². The summed E-state index contributed by atoms with van der Waals surface area (Å²) >= 11 is 0. The van der Waals surface area contributed by atoms with Gasteiger partial charge in [-0.3, -0.25) is 14.6 Å². The Balaban J connectivity index is 2.23. The summed E-state index contributed by atoms with van der Waals surface area (Å²) in [7, 11) is 0. The largest absolute Gasteiger partial charge is 0.368 e. The van der Waals surface area contributed by atoms with Gasteiger partial charge in [-0.1, -0.05) is 0 Å². The lowest BCUT2D eigenvalue weighted by Crippen LogP contribution is -2.43. The number of nitrogens with zero attached hydrogens (tertiary/aromatic N) is 2. The average Bonchev–Trinajstić information content (AvgIpc) is 2.77. The molecule has 0 bridgehead atoms. The van der Waals surface area contributed by atoms with Crippen molar-refractivity contribution in [1.82, 2.24) is 9.88 Å². The van der Waals surface area contributed by atoms with Gasteiger partial charge in [0.05, 0.1) is 0 Å². The second-order valence-corrected chi connectivity index (χ2v) is 4.28. The van der Waals surface area contributed by atoms with Crippen molar-refractivity contribution >= 4 is 11.8 Å². The summed E-state index contributed by atoms with van der Waals surface area (Å²) in [6.45, 7) is 2.47. The van der Waals surface area contributed by atoms with E-state index >= 15 is 0 Å². The summed E-state index contributed by atoms with van der Waals surface area (Å²) in [5, 5.41) is 0. The summed E-state index contributed by atoms with van der Waals surface area (Å²) < 4.78 is 0. The van der Waals surface area contributed by atoms with Gasteiger partial charge >= 0.3 is 0 Å². The molecule has 2 heterocycles. The number of carbonyl (C=O) groups is 2. The number of aryl methyl sites for hydroxylation is 1. The third-order valence-electron chi connectivity index (χ3n) is 2.98. The molecule has 5 heteroatoms. The van der Waals surface area contributed by atoms with Crippen molar-refractivity contribution in [1.29, 1.82) is 0 Å². The zero-order chi connectivity index (χ0) is 12.4. The van der Waals surface area contributed by atoms with Gasteiger partial charge in [0.25, 0.3) is 5.91 Å². The van der Waals surface area contributed by atoms with Crippen LogP contribution in [0.3, 0.4) is 0 Å². The van der Waals surface area contributed by atoms with Crippen LogP contribution in [0.2, 0.25) is 0 Å². The Labute approximate surface area is 99.6 Å². The molecule has 0 saturated carbocycles. The maximum atomic E-state index is 12.2. The summed E-state index contributed by atoms with van der Waals surface area (Å²) in [6, 6.07) is 3.07. The van der Waals surface area contributed by atoms with E-state index in [1.807, 2.05) is 13.0 Å². The molecular formula is C12H15N3O2. The Kier molecular flexibility index (Phi) is 3.08. The Morgan fingerprint density at radius 1 is 1.53 bits per heavy atom. The van der Waals surface area contributed by atoms with Gasteiger partial charge in [0.1, 0.15) is 11.7 Å². The molecule has 1 aromatic heterocycles. The number of carbonyl (C=O) groups excluding carboxylic acids is 2. The minimum atomic E-state index is -0.482. The highest BCUT2D eigenvalue weighted by molar-refractivity contribution is 5.96. The highest BCUT2D eigenvalue weighted by Gasteiger charge is 2.33. The number of nitrogens with two attached hydrogens (primary N) is 1. The van der Waals surface area contributed by atoms with Gasteiger partial charge in [0.2, 0.25) is 5.91 Å². The number of rotatable bonds is 2. The van der Waals surface area contributed by atoms with Crippen molar-refractivity contribution in [3.8, 4) is 0 Å². The maximum absolute atomic E-state index is 12.2. The fourth-order valence-corrected chi connectivity index (χ4v) is 2.11. The molecular weight excluding hydrogens is 218 g/mol. The first kappa shape index (κ1) is 11.6. The molecule has 1 fully saturated rings. The Morgan fingerprint density at radius 3 is 2.94 bits per heavy atom. The quantitative estimate of drug-likeness (QED) is 0.807. The smallest absolute Gasteiger partial charge is 0.273 e. The van der Waals surface area contributed by atoms with Crippen LogP contribution in [0.5, 0.6) is 0 Å². The van der Waals surface area contributed by atoms with Crippen molar-refractivity contribution < 1.29 is 9.59 Å². The molecule has 5 nitrogen and oxygen atoms in total. The van der Waals surface area contributed by atoms with E-state index in [0.717, 1.165) is 12.0 Å². The molecule has 0 unspecified atom stereocenters. The second kappa shape index (κ2) is 4.53. The molecule has 1 aromatic rings. The van der Waals surface area contributed by atoms with Crippen molar-refractivity contribution in [3.05, 3.63) is 29.6 Å². The van der Waals surface area contributed by atoms with Crippen LogP contribution in [0, 0.1) is 6.92 Å². The third-order valence-corrected chi connectivity index (χ3v) is 2.98. The van der Waals surface area contributed by atoms with Gasteiger partial charge in [0, 0.05) is 12.7 Å². The third kappa shape index (κ3) is 2.27. The van der Waals surface area contributed by atoms with E-state index in [1.54, 1.807) is 12.3 Å². The Morgan fingerprint density at radius 2 is 2.29 bits per heavy atom. The second-order valence-electron chi connectivity index (χ2n) is 4.28. The zero-order valence-corrected chi connectivity index (χ0v) is 9.72. The van der Waals surface area contributed by atoms with Gasteiger partial charge in [-0.25, -0.2) is 0 Å². The lowest BCUT2D eigenvalue weighted by Gasteiger charge is -2.21. The lowest BCUT2D eigenvalue weighted by molar-refractivity contribution is -0.121. The molecule has 0 radical (unpaired) electrons. The number of pyridine rings is 1. The summed E-state index contributed by atoms with van der Waals surface area (Å²) in [5.74, 6) is -0.654. The minimum Gasteiger partial charge on any atom is -0.368 e. The molecule has 1 saturated heterocycles. The molecule has 1 atom stereocenters. The van der Waals surface area contributed by atoms with Crippen molar-refractivity contribution in [2.45, 2.75) is 25.8 Å². The monoisotopic (exact) mass is 233 g/mol. The molecule has 0 aromatic carbocycles. The van der Waals surface area contributed by atoms with Crippen molar-refractivity contribution in [2.24, 2.45) is 5.73 Å². The zero-order valence-electron chi connectivity index (χ0n) is 9.72. The van der Waals surface area contributed by atoms with E-state index in [0.29, 0.717) is 18.7 Å². The van der Waals surface area contributed by atoms with Crippen LogP contribution in [0.25, 0.3) is 0 Å². The fourth-order valence-electron chi connectivity index (χ4n) is 2.11. The molecule has 1 aliphatic heterocycles. The van der Waals surface area contributed by atoms with Gasteiger partial charge < -0.3 is 10.6 Å². The SMILES string of the molecule is Cc1ccnc(C(=O)N2CCC[C@@H]2C(N)=O)c1. The van der Waals surface area contributed by atoms with Gasteiger partial charge in [-0.15, -0.1) is 0 Å². The van der Waals surface area contributed by atoms with Crippen molar-refractivity contribution in [2.75, 3.05) is 6.54 Å². The lowest BCUT2D eigenvalue weighted by atomic mass is 10.2. The maximum Gasteiger partial charge on any atom is 0.273 e. The first-order valence-electron chi connectivity index (χ1n) is 5.62. The van der Waals surface area contributed by atoms with E-state index < -0.39 is 11.9 Å². The van der Waals surface area contributed by atoms with Crippen LogP contribution in [-0.2, 0) is 4.79 Å². The minimum absolute atomic E-state index is 0.213. The molecule has 0 spiro atoms. The molecule has 1 aliphatic rings. The molecule has 90 valence electrons. The van der Waals surface area contributed by atoms with Crippen LogP contribution in [-0.4, -0.2) is 34.3 Å². The van der Waals surface area contributed by atoms with Gasteiger partial charge in [-0.05, 0) is 37.5 Å². The van der Waals surface area contributed by atoms with Crippen LogP contribution in [0.4, 0.5) is 0 Å². The number of hydrogen-bond acceptors (Lipinski definition) is 3. The Hall–Kier alpha value is -1.91.